The molecule has 4 nitrogen and oxygen atoms in total. The van der Waals surface area contributed by atoms with Gasteiger partial charge in [0.15, 0.2) is 17.5 Å². The third-order valence-electron chi connectivity index (χ3n) is 3.78. The van der Waals surface area contributed by atoms with Crippen LogP contribution in [0.5, 0.6) is 5.75 Å². The van der Waals surface area contributed by atoms with Crippen LogP contribution in [0, 0.1) is 17.5 Å². The van der Waals surface area contributed by atoms with E-state index in [1.165, 1.54) is 0 Å². The van der Waals surface area contributed by atoms with Crippen molar-refractivity contribution in [2.75, 3.05) is 17.7 Å². The first-order valence-electron chi connectivity index (χ1n) is 7.94. The Bertz CT molecular complexity index is 975. The molecule has 0 aromatic heterocycles. The highest BCUT2D eigenvalue weighted by atomic mass is 19.2. The zero-order valence-electron chi connectivity index (χ0n) is 14.2. The predicted molar refractivity (Wildman–Crippen MR) is 97.0 cm³/mol. The average Bonchev–Trinajstić information content (AvgIpc) is 2.68. The summed E-state index contributed by atoms with van der Waals surface area (Å²) < 4.78 is 45.1. The molecule has 0 aliphatic heterocycles. The Morgan fingerprint density at radius 1 is 0.852 bits per heavy atom. The normalized spacial score (nSPS) is 10.4. The summed E-state index contributed by atoms with van der Waals surface area (Å²) in [5.74, 6) is -4.72. The Morgan fingerprint density at radius 3 is 2.26 bits per heavy atom. The van der Waals surface area contributed by atoms with E-state index in [-0.39, 0.29) is 0 Å². The van der Waals surface area contributed by atoms with E-state index in [1.54, 1.807) is 31.4 Å². The molecule has 0 saturated heterocycles. The predicted octanol–water partition coefficient (Wildman–Crippen LogP) is 5.11. The van der Waals surface area contributed by atoms with E-state index < -0.39 is 28.9 Å². The van der Waals surface area contributed by atoms with Crippen LogP contribution in [0.2, 0.25) is 0 Å². The molecule has 0 saturated carbocycles. The molecule has 0 atom stereocenters. The molecule has 1 amide bonds. The molecule has 3 aromatic carbocycles. The largest absolute Gasteiger partial charge is 0.497 e. The molecule has 138 valence electrons. The maximum Gasteiger partial charge on any atom is 0.258 e. The summed E-state index contributed by atoms with van der Waals surface area (Å²) in [7, 11) is 1.58. The first-order valence-corrected chi connectivity index (χ1v) is 7.94. The van der Waals surface area contributed by atoms with Gasteiger partial charge in [0, 0.05) is 23.1 Å². The number of methoxy groups -OCH3 is 1. The maximum absolute atomic E-state index is 13.7. The lowest BCUT2D eigenvalue weighted by Gasteiger charge is -2.10. The highest BCUT2D eigenvalue weighted by molar-refractivity contribution is 6.04. The van der Waals surface area contributed by atoms with Crippen molar-refractivity contribution < 1.29 is 22.7 Å². The first-order chi connectivity index (χ1) is 13.0. The second kappa shape index (κ2) is 7.82. The van der Waals surface area contributed by atoms with Gasteiger partial charge in [0.25, 0.3) is 5.91 Å². The Morgan fingerprint density at radius 2 is 1.56 bits per heavy atom. The molecule has 0 aliphatic rings. The van der Waals surface area contributed by atoms with Gasteiger partial charge in [-0.15, -0.1) is 0 Å². The summed E-state index contributed by atoms with van der Waals surface area (Å²) in [4.78, 5) is 12.1. The molecule has 3 aromatic rings. The fraction of sp³-hybridized carbons (Fsp3) is 0.0500. The Labute approximate surface area is 153 Å². The van der Waals surface area contributed by atoms with Gasteiger partial charge >= 0.3 is 0 Å². The van der Waals surface area contributed by atoms with Crippen LogP contribution >= 0.6 is 0 Å². The second-order valence-corrected chi connectivity index (χ2v) is 5.61. The quantitative estimate of drug-likeness (QED) is 0.612. The minimum atomic E-state index is -1.68. The molecule has 27 heavy (non-hydrogen) atoms. The summed E-state index contributed by atoms with van der Waals surface area (Å²) >= 11 is 0. The van der Waals surface area contributed by atoms with Crippen molar-refractivity contribution in [2.45, 2.75) is 0 Å². The number of carbonyl (C=O) groups is 1. The van der Waals surface area contributed by atoms with E-state index in [9.17, 15) is 18.0 Å². The van der Waals surface area contributed by atoms with Gasteiger partial charge in [-0.05, 0) is 48.5 Å². The lowest BCUT2D eigenvalue weighted by molar-refractivity contribution is 0.102. The van der Waals surface area contributed by atoms with Gasteiger partial charge in [0.2, 0.25) is 0 Å². The Hall–Kier alpha value is -3.48. The van der Waals surface area contributed by atoms with Gasteiger partial charge < -0.3 is 15.4 Å². The number of hydrogen-bond acceptors (Lipinski definition) is 3. The number of benzene rings is 3. The van der Waals surface area contributed by atoms with Crippen LogP contribution in [-0.4, -0.2) is 13.0 Å². The zero-order chi connectivity index (χ0) is 19.4. The first kappa shape index (κ1) is 18.3. The Kier molecular flexibility index (Phi) is 5.30. The van der Waals surface area contributed by atoms with E-state index >= 15 is 0 Å². The van der Waals surface area contributed by atoms with Crippen LogP contribution in [0.15, 0.2) is 60.7 Å². The lowest BCUT2D eigenvalue weighted by atomic mass is 10.1. The van der Waals surface area contributed by atoms with Crippen LogP contribution in [0.3, 0.4) is 0 Å². The molecule has 3 rings (SSSR count). The van der Waals surface area contributed by atoms with Crippen molar-refractivity contribution in [3.63, 3.8) is 0 Å². The van der Waals surface area contributed by atoms with E-state index in [0.717, 1.165) is 17.4 Å². The molecule has 0 radical (unpaired) electrons. The molecule has 2 N–H and O–H groups in total. The van der Waals surface area contributed by atoms with Crippen LogP contribution < -0.4 is 15.4 Å². The fourth-order valence-electron chi connectivity index (χ4n) is 2.40. The van der Waals surface area contributed by atoms with Crippen molar-refractivity contribution in [1.29, 1.82) is 0 Å². The van der Waals surface area contributed by atoms with Gasteiger partial charge in [-0.2, -0.15) is 0 Å². The number of rotatable bonds is 5. The summed E-state index contributed by atoms with van der Waals surface area (Å²) in [6, 6.07) is 15.5. The summed E-state index contributed by atoms with van der Waals surface area (Å²) in [6.45, 7) is 0. The van der Waals surface area contributed by atoms with Gasteiger partial charge in [0.05, 0.1) is 12.7 Å². The number of nitrogens with one attached hydrogen (secondary N) is 2. The van der Waals surface area contributed by atoms with E-state index in [0.29, 0.717) is 17.5 Å². The molecule has 0 unspecified atom stereocenters. The number of amides is 1. The van der Waals surface area contributed by atoms with Gasteiger partial charge in [0.1, 0.15) is 5.75 Å². The van der Waals surface area contributed by atoms with E-state index in [1.807, 2.05) is 24.3 Å². The van der Waals surface area contributed by atoms with Gasteiger partial charge in [-0.3, -0.25) is 4.79 Å². The van der Waals surface area contributed by atoms with Crippen LogP contribution in [0.25, 0.3) is 0 Å². The molecule has 7 heteroatoms. The molecule has 0 bridgehead atoms. The van der Waals surface area contributed by atoms with Crippen molar-refractivity contribution >= 4 is 23.0 Å². The van der Waals surface area contributed by atoms with Crippen molar-refractivity contribution in [2.24, 2.45) is 0 Å². The molecular weight excluding hydrogens is 357 g/mol. The van der Waals surface area contributed by atoms with E-state index in [2.05, 4.69) is 10.6 Å². The highest BCUT2D eigenvalue weighted by Crippen LogP contribution is 2.23. The number of ether oxygens (including phenoxy) is 1. The zero-order valence-corrected chi connectivity index (χ0v) is 14.2. The Balaban J connectivity index is 1.70. The maximum atomic E-state index is 13.7. The highest BCUT2D eigenvalue weighted by Gasteiger charge is 2.18. The number of carbonyl (C=O) groups excluding carboxylic acids is 1. The summed E-state index contributed by atoms with van der Waals surface area (Å²) in [5.41, 5.74) is 1.36. The van der Waals surface area contributed by atoms with Gasteiger partial charge in [-0.1, -0.05) is 6.07 Å². The number of anilines is 3. The number of hydrogen-bond donors (Lipinski definition) is 2. The topological polar surface area (TPSA) is 50.4 Å². The van der Waals surface area contributed by atoms with Crippen LogP contribution in [0.4, 0.5) is 30.2 Å². The minimum Gasteiger partial charge on any atom is -0.497 e. The number of halogens is 3. The van der Waals surface area contributed by atoms with Crippen molar-refractivity contribution in [1.82, 2.24) is 0 Å². The van der Waals surface area contributed by atoms with Crippen molar-refractivity contribution in [3.05, 3.63) is 83.7 Å². The molecule has 0 heterocycles. The van der Waals surface area contributed by atoms with Crippen LogP contribution in [-0.2, 0) is 0 Å². The fourth-order valence-corrected chi connectivity index (χ4v) is 2.40. The lowest BCUT2D eigenvalue weighted by Crippen LogP contribution is -2.15. The van der Waals surface area contributed by atoms with Gasteiger partial charge in [-0.25, -0.2) is 13.2 Å². The average molecular weight is 372 g/mol. The van der Waals surface area contributed by atoms with Crippen LogP contribution in [0.1, 0.15) is 10.4 Å². The molecule has 0 spiro atoms. The van der Waals surface area contributed by atoms with Crippen molar-refractivity contribution in [3.8, 4) is 5.75 Å². The van der Waals surface area contributed by atoms with E-state index in [4.69, 9.17) is 4.74 Å². The SMILES string of the molecule is COc1cccc(Nc2ccc(NC(=O)c3ccc(F)c(F)c3F)cc2)c1. The third kappa shape index (κ3) is 4.20. The summed E-state index contributed by atoms with van der Waals surface area (Å²) in [6.07, 6.45) is 0. The molecular formula is C20H15F3N2O2. The smallest absolute Gasteiger partial charge is 0.258 e. The standard InChI is InChI=1S/C20H15F3N2O2/c1-27-15-4-2-3-14(11-15)24-12-5-7-13(8-6-12)25-20(26)16-9-10-17(21)19(23)18(16)22/h2-11,24H,1H3,(H,25,26). The second-order valence-electron chi connectivity index (χ2n) is 5.61. The third-order valence-corrected chi connectivity index (χ3v) is 3.78. The monoisotopic (exact) mass is 372 g/mol. The summed E-state index contributed by atoms with van der Waals surface area (Å²) in [5, 5.41) is 5.61. The minimum absolute atomic E-state index is 0.375. The molecule has 0 fully saturated rings. The molecule has 0 aliphatic carbocycles.